The number of benzene rings is 1. The molecule has 2 amide bonds. The summed E-state index contributed by atoms with van der Waals surface area (Å²) in [5.74, 6) is -0.956. The number of carbonyl (C=O) groups is 3. The van der Waals surface area contributed by atoms with Crippen molar-refractivity contribution >= 4 is 34.1 Å². The fourth-order valence-corrected chi connectivity index (χ4v) is 3.85. The molecule has 1 atom stereocenters. The van der Waals surface area contributed by atoms with E-state index >= 15 is 0 Å². The highest BCUT2D eigenvalue weighted by Gasteiger charge is 2.41. The molecule has 0 bridgehead atoms. The molecule has 0 saturated carbocycles. The van der Waals surface area contributed by atoms with E-state index in [1.165, 1.54) is 6.92 Å². The SMILES string of the molecule is CC(=O)c1sc(N2C(=O)CC(Cc3ccc(C)cc3)C2=O)nc1C. The largest absolute Gasteiger partial charge is 0.294 e. The second kappa shape index (κ2) is 6.28. The smallest absolute Gasteiger partial charge is 0.239 e. The summed E-state index contributed by atoms with van der Waals surface area (Å²) < 4.78 is 0. The third kappa shape index (κ3) is 3.01. The topological polar surface area (TPSA) is 67.3 Å². The third-order valence-electron chi connectivity index (χ3n) is 4.14. The van der Waals surface area contributed by atoms with Crippen LogP contribution in [0.1, 0.15) is 39.8 Å². The van der Waals surface area contributed by atoms with E-state index in [1.54, 1.807) is 6.92 Å². The van der Waals surface area contributed by atoms with Crippen LogP contribution in [0.15, 0.2) is 24.3 Å². The summed E-state index contributed by atoms with van der Waals surface area (Å²) in [4.78, 5) is 42.4. The number of amides is 2. The molecule has 2 aromatic rings. The molecule has 5 nitrogen and oxygen atoms in total. The van der Waals surface area contributed by atoms with Gasteiger partial charge in [-0.15, -0.1) is 0 Å². The second-order valence-corrected chi connectivity index (χ2v) is 7.10. The molecule has 1 aliphatic heterocycles. The van der Waals surface area contributed by atoms with Gasteiger partial charge in [-0.25, -0.2) is 9.88 Å². The highest BCUT2D eigenvalue weighted by Crippen LogP contribution is 2.33. The van der Waals surface area contributed by atoms with Crippen LogP contribution in [0, 0.1) is 19.8 Å². The number of ketones is 1. The predicted octanol–water partition coefficient (Wildman–Crippen LogP) is 3.08. The fourth-order valence-electron chi connectivity index (χ4n) is 2.87. The number of aryl methyl sites for hydroxylation is 2. The summed E-state index contributed by atoms with van der Waals surface area (Å²) in [5.41, 5.74) is 2.75. The first-order valence-corrected chi connectivity index (χ1v) is 8.59. The Bertz CT molecular complexity index is 823. The minimum absolute atomic E-state index is 0.105. The lowest BCUT2D eigenvalue weighted by atomic mass is 9.97. The van der Waals surface area contributed by atoms with Gasteiger partial charge in [0.25, 0.3) is 0 Å². The summed E-state index contributed by atoms with van der Waals surface area (Å²) in [6, 6.07) is 7.96. The molecule has 3 rings (SSSR count). The lowest BCUT2D eigenvalue weighted by Gasteiger charge is -2.11. The van der Waals surface area contributed by atoms with Crippen LogP contribution >= 0.6 is 11.3 Å². The summed E-state index contributed by atoms with van der Waals surface area (Å²) >= 11 is 1.11. The van der Waals surface area contributed by atoms with E-state index in [2.05, 4.69) is 4.98 Å². The zero-order valence-corrected chi connectivity index (χ0v) is 14.6. The first kappa shape index (κ1) is 16.5. The van der Waals surface area contributed by atoms with Crippen molar-refractivity contribution in [2.75, 3.05) is 4.90 Å². The molecule has 1 unspecified atom stereocenters. The molecule has 6 heteroatoms. The van der Waals surface area contributed by atoms with Crippen molar-refractivity contribution in [1.29, 1.82) is 0 Å². The van der Waals surface area contributed by atoms with Crippen molar-refractivity contribution < 1.29 is 14.4 Å². The van der Waals surface area contributed by atoms with Crippen LogP contribution in [0.2, 0.25) is 0 Å². The van der Waals surface area contributed by atoms with E-state index in [1.807, 2.05) is 31.2 Å². The Morgan fingerprint density at radius 1 is 1.25 bits per heavy atom. The van der Waals surface area contributed by atoms with E-state index < -0.39 is 0 Å². The molecule has 124 valence electrons. The Morgan fingerprint density at radius 2 is 1.92 bits per heavy atom. The van der Waals surface area contributed by atoms with Crippen LogP contribution in [0.5, 0.6) is 0 Å². The first-order chi connectivity index (χ1) is 11.4. The van der Waals surface area contributed by atoms with Gasteiger partial charge in [0.15, 0.2) is 10.9 Å². The maximum atomic E-state index is 12.7. The van der Waals surface area contributed by atoms with Gasteiger partial charge in [0, 0.05) is 13.3 Å². The van der Waals surface area contributed by atoms with Crippen LogP contribution < -0.4 is 4.90 Å². The van der Waals surface area contributed by atoms with Gasteiger partial charge in [0.1, 0.15) is 0 Å². The van der Waals surface area contributed by atoms with Crippen LogP contribution in [0.25, 0.3) is 0 Å². The average molecular weight is 342 g/mol. The Hall–Kier alpha value is -2.34. The lowest BCUT2D eigenvalue weighted by molar-refractivity contribution is -0.122. The van der Waals surface area contributed by atoms with Crippen molar-refractivity contribution in [3.8, 4) is 0 Å². The van der Waals surface area contributed by atoms with Crippen LogP contribution in [-0.2, 0) is 16.0 Å². The number of anilines is 1. The fraction of sp³-hybridized carbons (Fsp3) is 0.333. The molecule has 1 aromatic carbocycles. The highest BCUT2D eigenvalue weighted by molar-refractivity contribution is 7.18. The third-order valence-corrected chi connectivity index (χ3v) is 5.38. The quantitative estimate of drug-likeness (QED) is 0.632. The summed E-state index contributed by atoms with van der Waals surface area (Å²) in [6.45, 7) is 5.18. The van der Waals surface area contributed by atoms with Crippen molar-refractivity contribution in [1.82, 2.24) is 4.98 Å². The van der Waals surface area contributed by atoms with Gasteiger partial charge in [0.2, 0.25) is 11.8 Å². The number of aromatic nitrogens is 1. The number of hydrogen-bond acceptors (Lipinski definition) is 5. The number of rotatable bonds is 4. The number of carbonyl (C=O) groups excluding carboxylic acids is 3. The zero-order chi connectivity index (χ0) is 17.4. The maximum Gasteiger partial charge on any atom is 0.239 e. The molecule has 24 heavy (non-hydrogen) atoms. The van der Waals surface area contributed by atoms with Crippen molar-refractivity contribution in [3.63, 3.8) is 0 Å². The Balaban J connectivity index is 1.82. The Labute approximate surface area is 144 Å². The van der Waals surface area contributed by atoms with E-state index in [4.69, 9.17) is 0 Å². The zero-order valence-electron chi connectivity index (χ0n) is 13.8. The monoisotopic (exact) mass is 342 g/mol. The molecule has 1 aliphatic rings. The number of thiazole rings is 1. The van der Waals surface area contributed by atoms with Gasteiger partial charge < -0.3 is 0 Å². The molecule has 1 aromatic heterocycles. The molecule has 1 fully saturated rings. The van der Waals surface area contributed by atoms with Crippen LogP contribution in [0.3, 0.4) is 0 Å². The minimum atomic E-state index is -0.370. The van der Waals surface area contributed by atoms with E-state index in [0.29, 0.717) is 22.1 Å². The number of Topliss-reactive ketones (excluding diaryl/α,β-unsaturated/α-hetero) is 1. The van der Waals surface area contributed by atoms with Crippen LogP contribution in [0.4, 0.5) is 5.13 Å². The van der Waals surface area contributed by atoms with Crippen LogP contribution in [-0.4, -0.2) is 22.6 Å². The second-order valence-electron chi connectivity index (χ2n) is 6.13. The summed E-state index contributed by atoms with van der Waals surface area (Å²) in [5, 5.41) is 0.305. The Morgan fingerprint density at radius 3 is 2.50 bits per heavy atom. The average Bonchev–Trinajstić information content (AvgIpc) is 3.02. The molecular formula is C18H18N2O3S. The van der Waals surface area contributed by atoms with Gasteiger partial charge >= 0.3 is 0 Å². The minimum Gasteiger partial charge on any atom is -0.294 e. The van der Waals surface area contributed by atoms with E-state index in [0.717, 1.165) is 27.4 Å². The van der Waals surface area contributed by atoms with Gasteiger partial charge in [-0.05, 0) is 25.8 Å². The highest BCUT2D eigenvalue weighted by atomic mass is 32.1. The van der Waals surface area contributed by atoms with E-state index in [-0.39, 0.29) is 29.9 Å². The lowest BCUT2D eigenvalue weighted by Crippen LogP contribution is -2.30. The number of nitrogens with zero attached hydrogens (tertiary/aromatic N) is 2. The van der Waals surface area contributed by atoms with Gasteiger partial charge in [-0.2, -0.15) is 0 Å². The summed E-state index contributed by atoms with van der Waals surface area (Å²) in [6.07, 6.45) is 0.714. The van der Waals surface area contributed by atoms with Crippen molar-refractivity contribution in [2.24, 2.45) is 5.92 Å². The number of hydrogen-bond donors (Lipinski definition) is 0. The van der Waals surface area contributed by atoms with Crippen molar-refractivity contribution in [2.45, 2.75) is 33.6 Å². The molecule has 0 radical (unpaired) electrons. The summed E-state index contributed by atoms with van der Waals surface area (Å²) in [7, 11) is 0. The molecule has 2 heterocycles. The number of imide groups is 1. The molecule has 1 saturated heterocycles. The van der Waals surface area contributed by atoms with Gasteiger partial charge in [-0.1, -0.05) is 41.2 Å². The standard InChI is InChI=1S/C18H18N2O3S/c1-10-4-6-13(7-5-10)8-14-9-15(22)20(17(14)23)18-19-11(2)16(24-18)12(3)21/h4-7,14H,8-9H2,1-3H3. The first-order valence-electron chi connectivity index (χ1n) is 7.77. The van der Waals surface area contributed by atoms with E-state index in [9.17, 15) is 14.4 Å². The predicted molar refractivity (Wildman–Crippen MR) is 92.3 cm³/mol. The van der Waals surface area contributed by atoms with Gasteiger partial charge in [-0.3, -0.25) is 14.4 Å². The normalized spacial score (nSPS) is 17.6. The maximum absolute atomic E-state index is 12.7. The molecular weight excluding hydrogens is 324 g/mol. The van der Waals surface area contributed by atoms with Gasteiger partial charge in [0.05, 0.1) is 16.5 Å². The van der Waals surface area contributed by atoms with Crippen molar-refractivity contribution in [3.05, 3.63) is 46.0 Å². The Kier molecular flexibility index (Phi) is 4.32. The molecule has 0 N–H and O–H groups in total. The molecule has 0 aliphatic carbocycles. The molecule has 0 spiro atoms.